The first-order chi connectivity index (χ1) is 41.6. The highest BCUT2D eigenvalue weighted by Gasteiger charge is 2.24. The maximum absolute atomic E-state index is 6.56. The van der Waals surface area contributed by atoms with E-state index < -0.39 is 0 Å². The van der Waals surface area contributed by atoms with E-state index in [-0.39, 0.29) is 0 Å². The zero-order chi connectivity index (χ0) is 55.5. The van der Waals surface area contributed by atoms with Crippen LogP contribution in [-0.2, 0) is 0 Å². The van der Waals surface area contributed by atoms with E-state index in [9.17, 15) is 0 Å². The van der Waals surface area contributed by atoms with E-state index in [1.165, 1.54) is 0 Å². The van der Waals surface area contributed by atoms with Gasteiger partial charge < -0.3 is 28.0 Å². The average molecular weight is 1080 g/mol. The van der Waals surface area contributed by atoms with Gasteiger partial charge in [0.25, 0.3) is 0 Å². The second kappa shape index (κ2) is 20.3. The number of para-hydroxylation sites is 8. The Morgan fingerprint density at radius 2 is 0.488 bits per heavy atom. The van der Waals surface area contributed by atoms with Gasteiger partial charge in [-0.2, -0.15) is 0 Å². The van der Waals surface area contributed by atoms with Gasteiger partial charge in [0.15, 0.2) is 0 Å². The molecule has 0 saturated carbocycles. The molecule has 0 fully saturated rings. The summed E-state index contributed by atoms with van der Waals surface area (Å²) in [4.78, 5) is 7.09. The Hall–Kier alpha value is -11.3. The fourth-order valence-electron chi connectivity index (χ4n) is 12.3. The SMILES string of the molecule is c1ccc(N(c2ccc(-c3ccc4oc5ccccc5c4c3)cc2)c2cc(N(c3ccccc3)c3ccc(-c4cccc5c4oc4ccccc45)cc3)cc(N(c3ccccc3)c3ccc(-c4cccc5c4oc4ccccc45)cc3)c2)cc1. The maximum atomic E-state index is 6.56. The van der Waals surface area contributed by atoms with Crippen molar-refractivity contribution in [3.8, 4) is 33.4 Å². The van der Waals surface area contributed by atoms with Crippen molar-refractivity contribution in [1.29, 1.82) is 0 Å². The Morgan fingerprint density at radius 3 is 0.905 bits per heavy atom. The smallest absolute Gasteiger partial charge is 0.143 e. The van der Waals surface area contributed by atoms with Gasteiger partial charge >= 0.3 is 0 Å². The number of hydrogen-bond acceptors (Lipinski definition) is 6. The molecule has 3 aromatic heterocycles. The van der Waals surface area contributed by atoms with E-state index in [4.69, 9.17) is 13.3 Å². The van der Waals surface area contributed by atoms with Gasteiger partial charge in [-0.1, -0.05) is 188 Å². The largest absolute Gasteiger partial charge is 0.456 e. The minimum absolute atomic E-state index is 0.879. The highest BCUT2D eigenvalue weighted by Crippen LogP contribution is 2.48. The zero-order valence-corrected chi connectivity index (χ0v) is 45.5. The number of rotatable bonds is 12. The summed E-state index contributed by atoms with van der Waals surface area (Å²) in [5.74, 6) is 0. The van der Waals surface area contributed by atoms with E-state index in [1.54, 1.807) is 0 Å². The lowest BCUT2D eigenvalue weighted by molar-refractivity contribution is 0.669. The molecule has 0 saturated heterocycles. The minimum atomic E-state index is 0.879. The van der Waals surface area contributed by atoms with Gasteiger partial charge in [0.05, 0.1) is 17.1 Å². The summed E-state index contributed by atoms with van der Waals surface area (Å²) in [5.41, 5.74) is 20.7. The molecule has 0 atom stereocenters. The van der Waals surface area contributed by atoms with Crippen LogP contribution in [0.4, 0.5) is 51.2 Å². The van der Waals surface area contributed by atoms with Crippen LogP contribution in [0.3, 0.4) is 0 Å². The first-order valence-electron chi connectivity index (χ1n) is 28.4. The molecule has 0 bridgehead atoms. The summed E-state index contributed by atoms with van der Waals surface area (Å²) in [6.45, 7) is 0. The van der Waals surface area contributed by atoms with Gasteiger partial charge in [-0.15, -0.1) is 0 Å². The van der Waals surface area contributed by atoms with E-state index in [0.717, 1.165) is 150 Å². The quantitative estimate of drug-likeness (QED) is 0.122. The van der Waals surface area contributed by atoms with Crippen molar-refractivity contribution < 1.29 is 13.3 Å². The third kappa shape index (κ3) is 8.52. The van der Waals surface area contributed by atoms with Gasteiger partial charge in [0, 0.05) is 77.6 Å². The summed E-state index contributed by atoms with van der Waals surface area (Å²) in [5, 5.41) is 6.64. The van der Waals surface area contributed by atoms with Crippen molar-refractivity contribution in [2.24, 2.45) is 0 Å². The molecule has 6 nitrogen and oxygen atoms in total. The standard InChI is InChI=1S/C78H51N3O3/c1-4-18-56(19-5-1)79(59-41-34-52(35-42-59)55-40-47-76-72(48-55)69-26-12-13-31-73(69)82-76)62-49-63(80(57-20-6-2-7-21-57)60-43-36-53(37-44-60)65-27-16-29-70-67-24-10-14-32-74(67)83-77(65)70)51-64(50-62)81(58-22-8-3-9-23-58)61-45-38-54(39-46-61)66-28-17-30-71-68-25-11-15-33-75(68)84-78(66)71/h1-51H. The normalized spacial score (nSPS) is 11.6. The molecule has 0 radical (unpaired) electrons. The van der Waals surface area contributed by atoms with Gasteiger partial charge in [-0.25, -0.2) is 0 Å². The summed E-state index contributed by atoms with van der Waals surface area (Å²) in [7, 11) is 0. The highest BCUT2D eigenvalue weighted by atomic mass is 16.3. The van der Waals surface area contributed by atoms with Gasteiger partial charge in [0.2, 0.25) is 0 Å². The van der Waals surface area contributed by atoms with Gasteiger partial charge in [-0.05, 0) is 144 Å². The summed E-state index contributed by atoms with van der Waals surface area (Å²) in [6.07, 6.45) is 0. The third-order valence-electron chi connectivity index (χ3n) is 16.2. The number of furan rings is 3. The van der Waals surface area contributed by atoms with Crippen molar-refractivity contribution in [3.05, 3.63) is 309 Å². The Morgan fingerprint density at radius 1 is 0.179 bits per heavy atom. The first kappa shape index (κ1) is 48.6. The van der Waals surface area contributed by atoms with Crippen LogP contribution in [0.2, 0.25) is 0 Å². The van der Waals surface area contributed by atoms with Gasteiger partial charge in [0.1, 0.15) is 33.5 Å². The lowest BCUT2D eigenvalue weighted by atomic mass is 10.0. The maximum Gasteiger partial charge on any atom is 0.143 e. The molecule has 0 spiro atoms. The Bertz CT molecular complexity index is 4850. The van der Waals surface area contributed by atoms with Crippen LogP contribution in [0.15, 0.2) is 323 Å². The topological polar surface area (TPSA) is 49.1 Å². The van der Waals surface area contributed by atoms with Crippen molar-refractivity contribution in [3.63, 3.8) is 0 Å². The molecular formula is C78H51N3O3. The molecule has 16 rings (SSSR count). The molecule has 0 aliphatic rings. The Kier molecular flexibility index (Phi) is 11.8. The second-order valence-electron chi connectivity index (χ2n) is 21.2. The predicted molar refractivity (Wildman–Crippen MR) is 349 cm³/mol. The number of nitrogens with zero attached hydrogens (tertiary/aromatic N) is 3. The number of fused-ring (bicyclic) bond motifs is 9. The minimum Gasteiger partial charge on any atom is -0.456 e. The molecule has 0 amide bonds. The highest BCUT2D eigenvalue weighted by molar-refractivity contribution is 6.11. The molecular weight excluding hydrogens is 1030 g/mol. The molecule has 3 heterocycles. The molecule has 16 aromatic rings. The molecule has 13 aromatic carbocycles. The van der Waals surface area contributed by atoms with Crippen molar-refractivity contribution in [2.75, 3.05) is 14.7 Å². The van der Waals surface area contributed by atoms with Crippen molar-refractivity contribution >= 4 is 117 Å². The van der Waals surface area contributed by atoms with E-state index in [2.05, 4.69) is 288 Å². The van der Waals surface area contributed by atoms with E-state index in [0.29, 0.717) is 0 Å². The van der Waals surface area contributed by atoms with E-state index >= 15 is 0 Å². The van der Waals surface area contributed by atoms with Crippen LogP contribution in [0.1, 0.15) is 0 Å². The lowest BCUT2D eigenvalue weighted by Crippen LogP contribution is -2.16. The van der Waals surface area contributed by atoms with Crippen molar-refractivity contribution in [1.82, 2.24) is 0 Å². The van der Waals surface area contributed by atoms with Crippen molar-refractivity contribution in [2.45, 2.75) is 0 Å². The number of benzene rings is 13. The lowest BCUT2D eigenvalue weighted by Gasteiger charge is -2.33. The molecule has 0 unspecified atom stereocenters. The predicted octanol–water partition coefficient (Wildman–Crippen LogP) is 22.8. The van der Waals surface area contributed by atoms with E-state index in [1.807, 2.05) is 36.4 Å². The fraction of sp³-hybridized carbons (Fsp3) is 0. The van der Waals surface area contributed by atoms with Crippen LogP contribution in [0.5, 0.6) is 0 Å². The van der Waals surface area contributed by atoms with Crippen LogP contribution < -0.4 is 14.7 Å². The fourth-order valence-corrected chi connectivity index (χ4v) is 12.3. The molecule has 0 N–H and O–H groups in total. The molecule has 6 heteroatoms. The number of anilines is 9. The third-order valence-corrected chi connectivity index (χ3v) is 16.2. The average Bonchev–Trinajstić information content (AvgIpc) is 3.76. The summed E-state index contributed by atoms with van der Waals surface area (Å²) in [6, 6.07) is 110. The zero-order valence-electron chi connectivity index (χ0n) is 45.5. The second-order valence-corrected chi connectivity index (χ2v) is 21.2. The Labute approximate surface area is 485 Å². The number of hydrogen-bond donors (Lipinski definition) is 0. The Balaban J connectivity index is 0.872. The first-order valence-corrected chi connectivity index (χ1v) is 28.4. The summed E-state index contributed by atoms with van der Waals surface area (Å²) >= 11 is 0. The summed E-state index contributed by atoms with van der Waals surface area (Å²) < 4.78 is 19.3. The molecule has 84 heavy (non-hydrogen) atoms. The molecule has 0 aliphatic carbocycles. The van der Waals surface area contributed by atoms with Crippen LogP contribution in [0.25, 0.3) is 99.2 Å². The van der Waals surface area contributed by atoms with Crippen LogP contribution in [-0.4, -0.2) is 0 Å². The molecule has 396 valence electrons. The van der Waals surface area contributed by atoms with Gasteiger partial charge in [-0.3, -0.25) is 0 Å². The monoisotopic (exact) mass is 1080 g/mol. The van der Waals surface area contributed by atoms with Crippen LogP contribution in [0, 0.1) is 0 Å². The van der Waals surface area contributed by atoms with Crippen LogP contribution >= 0.6 is 0 Å². The molecule has 0 aliphatic heterocycles.